The molecule has 1 unspecified atom stereocenters. The molecule has 6 heteroatoms. The van der Waals surface area contributed by atoms with Crippen molar-refractivity contribution in [1.29, 1.82) is 0 Å². The van der Waals surface area contributed by atoms with Gasteiger partial charge in [0.2, 0.25) is 0 Å². The SMILES string of the molecule is CC(CN(C)C(=O)c1ccc(C2SCCCS2)cc1)C(=O)O. The Morgan fingerprint density at radius 2 is 1.86 bits per heavy atom. The number of hydrogen-bond acceptors (Lipinski definition) is 4. The van der Waals surface area contributed by atoms with Gasteiger partial charge in [-0.15, -0.1) is 23.5 Å². The second kappa shape index (κ2) is 7.92. The van der Waals surface area contributed by atoms with E-state index in [0.29, 0.717) is 10.1 Å². The topological polar surface area (TPSA) is 57.6 Å². The molecule has 1 heterocycles. The second-order valence-corrected chi connectivity index (χ2v) is 8.20. The summed E-state index contributed by atoms with van der Waals surface area (Å²) in [6.45, 7) is 1.82. The third-order valence-electron chi connectivity index (χ3n) is 3.57. The van der Waals surface area contributed by atoms with E-state index in [4.69, 9.17) is 5.11 Å². The van der Waals surface area contributed by atoms with Crippen LogP contribution < -0.4 is 0 Å². The lowest BCUT2D eigenvalue weighted by Crippen LogP contribution is -2.33. The van der Waals surface area contributed by atoms with Gasteiger partial charge in [0.05, 0.1) is 10.5 Å². The number of carbonyl (C=O) groups excluding carboxylic acids is 1. The predicted molar refractivity (Wildman–Crippen MR) is 92.5 cm³/mol. The van der Waals surface area contributed by atoms with E-state index in [-0.39, 0.29) is 12.5 Å². The average Bonchev–Trinajstić information content (AvgIpc) is 2.55. The first kappa shape index (κ1) is 17.2. The molecule has 4 nitrogen and oxygen atoms in total. The highest BCUT2D eigenvalue weighted by molar-refractivity contribution is 8.16. The van der Waals surface area contributed by atoms with Crippen LogP contribution in [0.1, 0.15) is 33.8 Å². The summed E-state index contributed by atoms with van der Waals surface area (Å²) >= 11 is 3.90. The molecule has 1 aliphatic heterocycles. The van der Waals surface area contributed by atoms with Crippen LogP contribution in [0, 0.1) is 5.92 Å². The molecular weight excluding hydrogens is 318 g/mol. The van der Waals surface area contributed by atoms with Crippen LogP contribution in [0.5, 0.6) is 0 Å². The molecule has 1 fully saturated rings. The van der Waals surface area contributed by atoms with Gasteiger partial charge >= 0.3 is 5.97 Å². The second-order valence-electron chi connectivity index (χ2n) is 5.47. The van der Waals surface area contributed by atoms with Crippen LogP contribution in [0.25, 0.3) is 0 Å². The largest absolute Gasteiger partial charge is 0.481 e. The van der Waals surface area contributed by atoms with E-state index in [9.17, 15) is 9.59 Å². The Morgan fingerprint density at radius 1 is 1.27 bits per heavy atom. The van der Waals surface area contributed by atoms with Crippen LogP contribution in [-0.2, 0) is 4.79 Å². The van der Waals surface area contributed by atoms with Crippen molar-refractivity contribution in [2.75, 3.05) is 25.1 Å². The number of thioether (sulfide) groups is 2. The molecule has 1 aliphatic rings. The molecular formula is C16H21NO3S2. The van der Waals surface area contributed by atoms with Gasteiger partial charge in [-0.2, -0.15) is 0 Å². The maximum absolute atomic E-state index is 12.3. The van der Waals surface area contributed by atoms with Gasteiger partial charge in [0.25, 0.3) is 5.91 Å². The molecule has 1 amide bonds. The maximum atomic E-state index is 12.3. The van der Waals surface area contributed by atoms with E-state index in [0.717, 1.165) is 0 Å². The molecule has 0 aromatic heterocycles. The molecule has 2 rings (SSSR count). The van der Waals surface area contributed by atoms with Gasteiger partial charge in [-0.05, 0) is 35.6 Å². The number of aliphatic carboxylic acids is 1. The van der Waals surface area contributed by atoms with Gasteiger partial charge in [-0.3, -0.25) is 9.59 Å². The highest BCUT2D eigenvalue weighted by atomic mass is 32.2. The van der Waals surface area contributed by atoms with Crippen molar-refractivity contribution in [3.63, 3.8) is 0 Å². The van der Waals surface area contributed by atoms with Gasteiger partial charge < -0.3 is 10.0 Å². The van der Waals surface area contributed by atoms with Crippen molar-refractivity contribution in [2.45, 2.75) is 17.9 Å². The summed E-state index contributed by atoms with van der Waals surface area (Å²) in [6, 6.07) is 7.71. The number of benzene rings is 1. The van der Waals surface area contributed by atoms with Crippen LogP contribution in [0.4, 0.5) is 0 Å². The summed E-state index contributed by atoms with van der Waals surface area (Å²) in [5, 5.41) is 8.92. The van der Waals surface area contributed by atoms with Crippen molar-refractivity contribution in [1.82, 2.24) is 4.90 Å². The molecule has 1 aromatic carbocycles. The number of carboxylic acids is 1. The first-order chi connectivity index (χ1) is 10.5. The van der Waals surface area contributed by atoms with Crippen molar-refractivity contribution in [2.24, 2.45) is 5.92 Å². The number of carboxylic acid groups (broad SMARTS) is 1. The summed E-state index contributed by atoms with van der Waals surface area (Å²) in [5.74, 6) is 0.788. The number of amides is 1. The van der Waals surface area contributed by atoms with Gasteiger partial charge in [-0.1, -0.05) is 19.1 Å². The fraction of sp³-hybridized carbons (Fsp3) is 0.500. The standard InChI is InChI=1S/C16H21NO3S2/c1-11(15(19)20)10-17(2)14(18)12-4-6-13(7-5-12)16-21-8-3-9-22-16/h4-7,11,16H,3,8-10H2,1-2H3,(H,19,20). The zero-order valence-electron chi connectivity index (χ0n) is 12.8. The van der Waals surface area contributed by atoms with Crippen LogP contribution in [0.15, 0.2) is 24.3 Å². The van der Waals surface area contributed by atoms with Gasteiger partial charge in [0.1, 0.15) is 0 Å². The molecule has 1 aromatic rings. The number of hydrogen-bond donors (Lipinski definition) is 1. The molecule has 0 aliphatic carbocycles. The Balaban J connectivity index is 1.99. The summed E-state index contributed by atoms with van der Waals surface area (Å²) in [7, 11) is 1.64. The highest BCUT2D eigenvalue weighted by Gasteiger charge is 2.20. The molecule has 0 saturated carbocycles. The van der Waals surface area contributed by atoms with Crippen molar-refractivity contribution in [3.05, 3.63) is 35.4 Å². The molecule has 22 heavy (non-hydrogen) atoms. The lowest BCUT2D eigenvalue weighted by atomic mass is 10.1. The van der Waals surface area contributed by atoms with Crippen LogP contribution in [0.2, 0.25) is 0 Å². The van der Waals surface area contributed by atoms with E-state index >= 15 is 0 Å². The quantitative estimate of drug-likeness (QED) is 0.891. The van der Waals surface area contributed by atoms with E-state index in [1.807, 2.05) is 47.8 Å². The molecule has 1 atom stereocenters. The number of nitrogens with zero attached hydrogens (tertiary/aromatic N) is 1. The minimum Gasteiger partial charge on any atom is -0.481 e. The van der Waals surface area contributed by atoms with E-state index in [2.05, 4.69) is 0 Å². The fourth-order valence-electron chi connectivity index (χ4n) is 2.26. The Bertz CT molecular complexity index is 527. The van der Waals surface area contributed by atoms with Crippen molar-refractivity contribution in [3.8, 4) is 0 Å². The number of carbonyl (C=O) groups is 2. The zero-order valence-corrected chi connectivity index (χ0v) is 14.5. The lowest BCUT2D eigenvalue weighted by Gasteiger charge is -2.22. The molecule has 0 radical (unpaired) electrons. The first-order valence-corrected chi connectivity index (χ1v) is 9.40. The third-order valence-corrected chi connectivity index (χ3v) is 6.59. The molecule has 1 N–H and O–H groups in total. The molecule has 0 spiro atoms. The van der Waals surface area contributed by atoms with Crippen molar-refractivity contribution >= 4 is 35.4 Å². The predicted octanol–water partition coefficient (Wildman–Crippen LogP) is 3.35. The minimum atomic E-state index is -0.888. The first-order valence-electron chi connectivity index (χ1n) is 7.30. The Hall–Kier alpha value is -1.14. The smallest absolute Gasteiger partial charge is 0.308 e. The summed E-state index contributed by atoms with van der Waals surface area (Å²) in [4.78, 5) is 24.7. The third kappa shape index (κ3) is 4.43. The minimum absolute atomic E-state index is 0.136. The van der Waals surface area contributed by atoms with Crippen LogP contribution >= 0.6 is 23.5 Å². The summed E-state index contributed by atoms with van der Waals surface area (Å²) < 4.78 is 0.461. The van der Waals surface area contributed by atoms with Crippen LogP contribution in [0.3, 0.4) is 0 Å². The highest BCUT2D eigenvalue weighted by Crippen LogP contribution is 2.43. The maximum Gasteiger partial charge on any atom is 0.308 e. The summed E-state index contributed by atoms with van der Waals surface area (Å²) in [5.41, 5.74) is 1.85. The average molecular weight is 339 g/mol. The van der Waals surface area contributed by atoms with Gasteiger partial charge in [0, 0.05) is 19.2 Å². The number of rotatable bonds is 5. The van der Waals surface area contributed by atoms with Crippen LogP contribution in [-0.4, -0.2) is 47.0 Å². The Labute approximate surface area is 139 Å². The summed E-state index contributed by atoms with van der Waals surface area (Å²) in [6.07, 6.45) is 1.26. The molecule has 1 saturated heterocycles. The van der Waals surface area contributed by atoms with E-state index in [1.165, 1.54) is 28.4 Å². The lowest BCUT2D eigenvalue weighted by molar-refractivity contribution is -0.141. The normalized spacial score (nSPS) is 17.0. The van der Waals surface area contributed by atoms with Gasteiger partial charge in [0.15, 0.2) is 0 Å². The van der Waals surface area contributed by atoms with Gasteiger partial charge in [-0.25, -0.2) is 0 Å². The Morgan fingerprint density at radius 3 is 2.41 bits per heavy atom. The molecule has 0 bridgehead atoms. The van der Waals surface area contributed by atoms with E-state index < -0.39 is 11.9 Å². The fourth-order valence-corrected chi connectivity index (χ4v) is 5.15. The molecule has 120 valence electrons. The monoisotopic (exact) mass is 339 g/mol. The Kier molecular flexibility index (Phi) is 6.20. The zero-order chi connectivity index (χ0) is 16.1. The van der Waals surface area contributed by atoms with E-state index in [1.54, 1.807) is 14.0 Å². The van der Waals surface area contributed by atoms with Crippen molar-refractivity contribution < 1.29 is 14.7 Å².